The van der Waals surface area contributed by atoms with E-state index >= 15 is 0 Å². The van der Waals surface area contributed by atoms with Gasteiger partial charge in [-0.25, -0.2) is 4.79 Å². The van der Waals surface area contributed by atoms with Crippen LogP contribution < -0.4 is 5.32 Å². The lowest BCUT2D eigenvalue weighted by atomic mass is 9.98. The van der Waals surface area contributed by atoms with Gasteiger partial charge in [0.25, 0.3) is 0 Å². The van der Waals surface area contributed by atoms with Crippen LogP contribution in [0.1, 0.15) is 52.2 Å². The molecule has 24 heavy (non-hydrogen) atoms. The number of nitrogens with zero attached hydrogens (tertiary/aromatic N) is 1. The Morgan fingerprint density at radius 2 is 2.08 bits per heavy atom. The Kier molecular flexibility index (Phi) is 4.99. The van der Waals surface area contributed by atoms with Gasteiger partial charge in [-0.05, 0) is 64.7 Å². The molecule has 132 valence electrons. The van der Waals surface area contributed by atoms with Crippen LogP contribution in [0.3, 0.4) is 0 Å². The van der Waals surface area contributed by atoms with Gasteiger partial charge in [0.05, 0.1) is 6.26 Å². The fourth-order valence-electron chi connectivity index (χ4n) is 3.75. The highest BCUT2D eigenvalue weighted by Gasteiger charge is 2.44. The van der Waals surface area contributed by atoms with Crippen LogP contribution in [0.15, 0.2) is 28.9 Å². The van der Waals surface area contributed by atoms with Crippen molar-refractivity contribution in [1.82, 2.24) is 10.2 Å². The first kappa shape index (κ1) is 17.1. The van der Waals surface area contributed by atoms with Gasteiger partial charge in [0.1, 0.15) is 11.4 Å². The summed E-state index contributed by atoms with van der Waals surface area (Å²) in [6, 6.07) is 4.91. The predicted molar refractivity (Wildman–Crippen MR) is 93.6 cm³/mol. The highest BCUT2D eigenvalue weighted by molar-refractivity contribution is 5.69. The molecule has 1 aromatic heterocycles. The van der Waals surface area contributed by atoms with Crippen molar-refractivity contribution < 1.29 is 13.9 Å². The number of ether oxygens (including phenoxy) is 1. The molecule has 3 heterocycles. The second-order valence-electron chi connectivity index (χ2n) is 7.77. The number of piperidine rings is 1. The third-order valence-electron chi connectivity index (χ3n) is 4.69. The molecule has 2 aliphatic heterocycles. The van der Waals surface area contributed by atoms with Crippen LogP contribution >= 0.6 is 0 Å². The monoisotopic (exact) mass is 332 g/mol. The summed E-state index contributed by atoms with van der Waals surface area (Å²) in [4.78, 5) is 14.4. The highest BCUT2D eigenvalue weighted by Crippen LogP contribution is 2.36. The van der Waals surface area contributed by atoms with E-state index in [4.69, 9.17) is 9.15 Å². The van der Waals surface area contributed by atoms with E-state index in [-0.39, 0.29) is 6.09 Å². The summed E-state index contributed by atoms with van der Waals surface area (Å²) in [6.07, 6.45) is 9.78. The molecule has 2 bridgehead atoms. The van der Waals surface area contributed by atoms with Gasteiger partial charge in [0.2, 0.25) is 0 Å². The molecule has 5 nitrogen and oxygen atoms in total. The van der Waals surface area contributed by atoms with Crippen molar-refractivity contribution in [1.29, 1.82) is 0 Å². The quantitative estimate of drug-likeness (QED) is 0.911. The molecular weight excluding hydrogens is 304 g/mol. The summed E-state index contributed by atoms with van der Waals surface area (Å²) >= 11 is 0. The normalized spacial score (nSPS) is 27.0. The first-order valence-corrected chi connectivity index (χ1v) is 8.87. The summed E-state index contributed by atoms with van der Waals surface area (Å²) in [5.74, 6) is 0.872. The molecule has 3 rings (SSSR count). The minimum absolute atomic E-state index is 0.147. The van der Waals surface area contributed by atoms with Crippen molar-refractivity contribution in [2.75, 3.05) is 6.54 Å². The number of hydrogen-bond donors (Lipinski definition) is 1. The second kappa shape index (κ2) is 7.01. The molecule has 0 radical (unpaired) electrons. The lowest BCUT2D eigenvalue weighted by molar-refractivity contribution is 0.00488. The molecule has 2 saturated heterocycles. The molecule has 2 fully saturated rings. The zero-order chi connectivity index (χ0) is 17.2. The standard InChI is InChI=1S/C19H28N2O3/c1-19(2,3)24-18(22)21-15-8-9-16(21)13-14(12-15)20-10-4-6-17-7-5-11-23-17/h4-7,11,14-16,20H,8-10,12-13H2,1-3H3/b6-4+. The van der Waals surface area contributed by atoms with E-state index in [1.807, 2.05) is 43.9 Å². The zero-order valence-electron chi connectivity index (χ0n) is 14.8. The van der Waals surface area contributed by atoms with E-state index in [0.29, 0.717) is 18.1 Å². The van der Waals surface area contributed by atoms with Crippen molar-refractivity contribution in [2.45, 2.75) is 70.2 Å². The summed E-state index contributed by atoms with van der Waals surface area (Å²) in [5.41, 5.74) is -0.428. The van der Waals surface area contributed by atoms with Crippen molar-refractivity contribution in [3.8, 4) is 0 Å². The van der Waals surface area contributed by atoms with Crippen LogP contribution in [0.5, 0.6) is 0 Å². The average Bonchev–Trinajstić information content (AvgIpc) is 3.09. The molecule has 5 heteroatoms. The number of furan rings is 1. The number of amides is 1. The Balaban J connectivity index is 1.49. The Labute approximate surface area is 144 Å². The van der Waals surface area contributed by atoms with E-state index in [9.17, 15) is 4.79 Å². The van der Waals surface area contributed by atoms with Crippen molar-refractivity contribution >= 4 is 12.2 Å². The molecule has 0 saturated carbocycles. The van der Waals surface area contributed by atoms with Gasteiger partial charge < -0.3 is 19.4 Å². The number of rotatable bonds is 4. The fourth-order valence-corrected chi connectivity index (χ4v) is 3.75. The zero-order valence-corrected chi connectivity index (χ0v) is 14.8. The molecule has 0 aliphatic carbocycles. The van der Waals surface area contributed by atoms with E-state index < -0.39 is 5.60 Å². The summed E-state index contributed by atoms with van der Waals surface area (Å²) in [5, 5.41) is 3.59. The number of carbonyl (C=O) groups excluding carboxylic acids is 1. The van der Waals surface area contributed by atoms with Gasteiger partial charge in [-0.2, -0.15) is 0 Å². The van der Waals surface area contributed by atoms with Gasteiger partial charge in [-0.3, -0.25) is 0 Å². The number of carbonyl (C=O) groups is 1. The van der Waals surface area contributed by atoms with Gasteiger partial charge in [-0.1, -0.05) is 6.08 Å². The fraction of sp³-hybridized carbons (Fsp3) is 0.632. The summed E-state index contributed by atoms with van der Waals surface area (Å²) in [6.45, 7) is 6.59. The SMILES string of the molecule is CC(C)(C)OC(=O)N1C2CCC1CC(NC/C=C/c1ccco1)C2. The molecule has 1 aromatic rings. The van der Waals surface area contributed by atoms with E-state index in [1.165, 1.54) is 0 Å². The van der Waals surface area contributed by atoms with Gasteiger partial charge in [0.15, 0.2) is 0 Å². The molecule has 1 N–H and O–H groups in total. The molecule has 0 spiro atoms. The molecule has 2 unspecified atom stereocenters. The highest BCUT2D eigenvalue weighted by atomic mass is 16.6. The van der Waals surface area contributed by atoms with Crippen LogP contribution in [-0.2, 0) is 4.74 Å². The number of nitrogens with one attached hydrogen (secondary N) is 1. The van der Waals surface area contributed by atoms with E-state index in [2.05, 4.69) is 11.4 Å². The molecule has 2 aliphatic rings. The molecule has 0 aromatic carbocycles. The van der Waals surface area contributed by atoms with Crippen LogP contribution in [-0.4, -0.2) is 41.3 Å². The van der Waals surface area contributed by atoms with E-state index in [0.717, 1.165) is 38.0 Å². The smallest absolute Gasteiger partial charge is 0.410 e. The Morgan fingerprint density at radius 1 is 1.38 bits per heavy atom. The topological polar surface area (TPSA) is 54.7 Å². The maximum absolute atomic E-state index is 12.4. The summed E-state index contributed by atoms with van der Waals surface area (Å²) in [7, 11) is 0. The first-order chi connectivity index (χ1) is 11.4. The summed E-state index contributed by atoms with van der Waals surface area (Å²) < 4.78 is 10.9. The molecule has 1 amide bonds. The van der Waals surface area contributed by atoms with Crippen molar-refractivity contribution in [3.05, 3.63) is 30.2 Å². The Bertz CT molecular complexity index is 560. The number of hydrogen-bond acceptors (Lipinski definition) is 4. The number of fused-ring (bicyclic) bond motifs is 2. The first-order valence-electron chi connectivity index (χ1n) is 8.87. The Morgan fingerprint density at radius 3 is 2.67 bits per heavy atom. The van der Waals surface area contributed by atoms with Crippen LogP contribution in [0, 0.1) is 0 Å². The van der Waals surface area contributed by atoms with Crippen LogP contribution in [0.4, 0.5) is 4.79 Å². The third kappa shape index (κ3) is 4.20. The largest absolute Gasteiger partial charge is 0.465 e. The lowest BCUT2D eigenvalue weighted by Gasteiger charge is -2.39. The Hall–Kier alpha value is -1.75. The minimum atomic E-state index is -0.428. The maximum atomic E-state index is 12.4. The van der Waals surface area contributed by atoms with Gasteiger partial charge in [-0.15, -0.1) is 0 Å². The average molecular weight is 332 g/mol. The van der Waals surface area contributed by atoms with E-state index in [1.54, 1.807) is 6.26 Å². The predicted octanol–water partition coefficient (Wildman–Crippen LogP) is 3.81. The molecule has 2 atom stereocenters. The van der Waals surface area contributed by atoms with Crippen molar-refractivity contribution in [3.63, 3.8) is 0 Å². The second-order valence-corrected chi connectivity index (χ2v) is 7.77. The van der Waals surface area contributed by atoms with Gasteiger partial charge in [0, 0.05) is 24.7 Å². The lowest BCUT2D eigenvalue weighted by Crippen LogP contribution is -2.52. The maximum Gasteiger partial charge on any atom is 0.410 e. The van der Waals surface area contributed by atoms with Gasteiger partial charge >= 0.3 is 6.09 Å². The van der Waals surface area contributed by atoms with Crippen LogP contribution in [0.2, 0.25) is 0 Å². The van der Waals surface area contributed by atoms with Crippen molar-refractivity contribution in [2.24, 2.45) is 0 Å². The van der Waals surface area contributed by atoms with Crippen LogP contribution in [0.25, 0.3) is 6.08 Å². The third-order valence-corrected chi connectivity index (χ3v) is 4.69. The minimum Gasteiger partial charge on any atom is -0.465 e. The molecular formula is C19H28N2O3.